The minimum Gasteiger partial charge on any atom is -0.385 e. The summed E-state index contributed by atoms with van der Waals surface area (Å²) in [6.45, 7) is 6.81. The smallest absolute Gasteiger partial charge is 0.0991 e. The molecule has 3 nitrogen and oxygen atoms in total. The van der Waals surface area contributed by atoms with Gasteiger partial charge in [-0.15, -0.1) is 0 Å². The molecule has 0 saturated carbocycles. The Kier molecular flexibility index (Phi) is 6.13. The van der Waals surface area contributed by atoms with Crippen molar-refractivity contribution in [2.24, 2.45) is 5.92 Å². The van der Waals surface area contributed by atoms with Crippen LogP contribution < -0.4 is 5.32 Å². The van der Waals surface area contributed by atoms with Gasteiger partial charge < -0.3 is 10.1 Å². The molecule has 17 heavy (non-hydrogen) atoms. The van der Waals surface area contributed by atoms with Crippen LogP contribution in [0.1, 0.15) is 25.8 Å². The Morgan fingerprint density at radius 3 is 2.59 bits per heavy atom. The molecule has 0 saturated heterocycles. The molecule has 0 atom stereocenters. The third-order valence-electron chi connectivity index (χ3n) is 2.26. The first kappa shape index (κ1) is 13.5. The number of nitrogens with one attached hydrogen (secondary N) is 1. The van der Waals surface area contributed by atoms with Gasteiger partial charge in [0.1, 0.15) is 0 Å². The molecule has 1 aromatic rings. The van der Waals surface area contributed by atoms with Gasteiger partial charge in [-0.2, -0.15) is 5.26 Å². The maximum Gasteiger partial charge on any atom is 0.0991 e. The number of hydrogen-bond donors (Lipinski definition) is 1. The van der Waals surface area contributed by atoms with Crippen LogP contribution in [0, 0.1) is 17.2 Å². The highest BCUT2D eigenvalue weighted by molar-refractivity contribution is 5.46. The van der Waals surface area contributed by atoms with E-state index in [9.17, 15) is 0 Å². The Balaban J connectivity index is 2.12. The number of rotatable bonds is 7. The lowest BCUT2D eigenvalue weighted by molar-refractivity contribution is 0.110. The highest BCUT2D eigenvalue weighted by Gasteiger charge is 1.95. The molecule has 0 bridgehead atoms. The van der Waals surface area contributed by atoms with E-state index in [1.807, 2.05) is 24.3 Å². The van der Waals surface area contributed by atoms with Crippen LogP contribution in [0.5, 0.6) is 0 Å². The Bertz CT molecular complexity index is 351. The molecule has 0 radical (unpaired) electrons. The first-order valence-electron chi connectivity index (χ1n) is 6.04. The van der Waals surface area contributed by atoms with Gasteiger partial charge in [0.2, 0.25) is 0 Å². The Morgan fingerprint density at radius 1 is 1.29 bits per heavy atom. The lowest BCUT2D eigenvalue weighted by atomic mass is 10.2. The molecule has 1 rings (SSSR count). The molecule has 0 aliphatic carbocycles. The number of ether oxygens (including phenoxy) is 1. The van der Waals surface area contributed by atoms with Crippen molar-refractivity contribution in [2.75, 3.05) is 25.1 Å². The molecular formula is C14H20N2O. The zero-order valence-corrected chi connectivity index (χ0v) is 10.6. The van der Waals surface area contributed by atoms with E-state index in [2.05, 4.69) is 25.2 Å². The van der Waals surface area contributed by atoms with Crippen molar-refractivity contribution in [1.29, 1.82) is 5.26 Å². The molecule has 1 N–H and O–H groups in total. The van der Waals surface area contributed by atoms with Gasteiger partial charge in [-0.05, 0) is 36.6 Å². The van der Waals surface area contributed by atoms with Crippen molar-refractivity contribution in [1.82, 2.24) is 0 Å². The summed E-state index contributed by atoms with van der Waals surface area (Å²) in [6.07, 6.45) is 0.993. The second-order valence-electron chi connectivity index (χ2n) is 4.44. The Hall–Kier alpha value is -1.53. The summed E-state index contributed by atoms with van der Waals surface area (Å²) in [5, 5.41) is 12.0. The van der Waals surface area contributed by atoms with Crippen molar-refractivity contribution in [3.05, 3.63) is 29.8 Å². The molecule has 0 aliphatic heterocycles. The van der Waals surface area contributed by atoms with Gasteiger partial charge in [-0.25, -0.2) is 0 Å². The van der Waals surface area contributed by atoms with E-state index in [4.69, 9.17) is 10.00 Å². The molecule has 0 aromatic heterocycles. The summed E-state index contributed by atoms with van der Waals surface area (Å²) in [6, 6.07) is 9.58. The van der Waals surface area contributed by atoms with Crippen molar-refractivity contribution >= 4 is 5.69 Å². The number of anilines is 1. The number of benzene rings is 1. The molecule has 1 aromatic carbocycles. The van der Waals surface area contributed by atoms with Crippen LogP contribution in [-0.2, 0) is 4.74 Å². The molecule has 0 unspecified atom stereocenters. The van der Waals surface area contributed by atoms with E-state index in [0.717, 1.165) is 31.9 Å². The van der Waals surface area contributed by atoms with E-state index in [1.54, 1.807) is 0 Å². The van der Waals surface area contributed by atoms with Gasteiger partial charge in [-0.1, -0.05) is 13.8 Å². The predicted octanol–water partition coefficient (Wildman–Crippen LogP) is 3.03. The summed E-state index contributed by atoms with van der Waals surface area (Å²) >= 11 is 0. The summed E-state index contributed by atoms with van der Waals surface area (Å²) < 4.78 is 5.49. The standard InChI is InChI=1S/C14H20N2O/c1-12(2)11-17-9-3-8-16-14-6-4-13(10-15)5-7-14/h4-7,12,16H,3,8-9,11H2,1-2H3. The minimum atomic E-state index is 0.599. The first-order valence-corrected chi connectivity index (χ1v) is 6.04. The van der Waals surface area contributed by atoms with Crippen molar-refractivity contribution in [3.63, 3.8) is 0 Å². The molecule has 92 valence electrons. The van der Waals surface area contributed by atoms with E-state index in [-0.39, 0.29) is 0 Å². The average Bonchev–Trinajstić information content (AvgIpc) is 2.34. The molecular weight excluding hydrogens is 212 g/mol. The lowest BCUT2D eigenvalue weighted by Crippen LogP contribution is -2.08. The van der Waals surface area contributed by atoms with E-state index in [0.29, 0.717) is 11.5 Å². The third kappa shape index (κ3) is 5.94. The van der Waals surface area contributed by atoms with Crippen LogP contribution >= 0.6 is 0 Å². The average molecular weight is 232 g/mol. The molecule has 0 heterocycles. The lowest BCUT2D eigenvalue weighted by Gasteiger charge is -2.08. The monoisotopic (exact) mass is 232 g/mol. The van der Waals surface area contributed by atoms with Crippen LogP contribution in [0.2, 0.25) is 0 Å². The van der Waals surface area contributed by atoms with Crippen LogP contribution in [0.25, 0.3) is 0 Å². The predicted molar refractivity (Wildman–Crippen MR) is 69.9 cm³/mol. The van der Waals surface area contributed by atoms with Gasteiger partial charge >= 0.3 is 0 Å². The van der Waals surface area contributed by atoms with E-state index >= 15 is 0 Å². The summed E-state index contributed by atoms with van der Waals surface area (Å²) in [5.41, 5.74) is 1.74. The fraction of sp³-hybridized carbons (Fsp3) is 0.500. The third-order valence-corrected chi connectivity index (χ3v) is 2.26. The van der Waals surface area contributed by atoms with E-state index in [1.165, 1.54) is 0 Å². The number of nitriles is 1. The zero-order chi connectivity index (χ0) is 12.5. The molecule has 0 aliphatic rings. The van der Waals surface area contributed by atoms with Crippen LogP contribution in [0.3, 0.4) is 0 Å². The molecule has 0 amide bonds. The fourth-order valence-electron chi connectivity index (χ4n) is 1.39. The molecule has 0 fully saturated rings. The van der Waals surface area contributed by atoms with Gasteiger partial charge in [0, 0.05) is 25.4 Å². The molecule has 0 spiro atoms. The summed E-state index contributed by atoms with van der Waals surface area (Å²) in [7, 11) is 0. The van der Waals surface area contributed by atoms with Crippen LogP contribution in [0.4, 0.5) is 5.69 Å². The first-order chi connectivity index (χ1) is 8.22. The molecule has 3 heteroatoms. The van der Waals surface area contributed by atoms with E-state index < -0.39 is 0 Å². The second kappa shape index (κ2) is 7.70. The fourth-order valence-corrected chi connectivity index (χ4v) is 1.39. The van der Waals surface area contributed by atoms with Gasteiger partial charge in [-0.3, -0.25) is 0 Å². The topological polar surface area (TPSA) is 45.0 Å². The van der Waals surface area contributed by atoms with Crippen molar-refractivity contribution in [3.8, 4) is 6.07 Å². The largest absolute Gasteiger partial charge is 0.385 e. The Morgan fingerprint density at radius 2 is 2.00 bits per heavy atom. The zero-order valence-electron chi connectivity index (χ0n) is 10.6. The highest BCUT2D eigenvalue weighted by atomic mass is 16.5. The normalized spacial score (nSPS) is 10.2. The van der Waals surface area contributed by atoms with Gasteiger partial charge in [0.15, 0.2) is 0 Å². The maximum absolute atomic E-state index is 8.66. The van der Waals surface area contributed by atoms with Crippen LogP contribution in [-0.4, -0.2) is 19.8 Å². The van der Waals surface area contributed by atoms with Crippen molar-refractivity contribution < 1.29 is 4.74 Å². The SMILES string of the molecule is CC(C)COCCCNc1ccc(C#N)cc1. The van der Waals surface area contributed by atoms with Crippen LogP contribution in [0.15, 0.2) is 24.3 Å². The summed E-state index contributed by atoms with van der Waals surface area (Å²) in [5.74, 6) is 0.599. The van der Waals surface area contributed by atoms with Gasteiger partial charge in [0.25, 0.3) is 0 Å². The maximum atomic E-state index is 8.66. The number of hydrogen-bond acceptors (Lipinski definition) is 3. The minimum absolute atomic E-state index is 0.599. The Labute approximate surface area is 103 Å². The quantitative estimate of drug-likeness (QED) is 0.735. The van der Waals surface area contributed by atoms with Crippen molar-refractivity contribution in [2.45, 2.75) is 20.3 Å². The number of nitrogens with zero attached hydrogens (tertiary/aromatic N) is 1. The highest BCUT2D eigenvalue weighted by Crippen LogP contribution is 2.08. The second-order valence-corrected chi connectivity index (χ2v) is 4.44. The van der Waals surface area contributed by atoms with Gasteiger partial charge in [0.05, 0.1) is 11.6 Å². The summed E-state index contributed by atoms with van der Waals surface area (Å²) in [4.78, 5) is 0.